The number of carbonyl (C=O) groups is 1. The van der Waals surface area contributed by atoms with Crippen LogP contribution in [0.15, 0.2) is 18.3 Å². The summed E-state index contributed by atoms with van der Waals surface area (Å²) in [6, 6.07) is 3.51. The average molecular weight is 269 g/mol. The van der Waals surface area contributed by atoms with E-state index in [2.05, 4.69) is 17.2 Å². The molecule has 1 rings (SSSR count). The summed E-state index contributed by atoms with van der Waals surface area (Å²) >= 11 is 5.86. The van der Waals surface area contributed by atoms with Crippen LogP contribution in [0.2, 0.25) is 5.15 Å². The molecule has 1 aromatic rings. The van der Waals surface area contributed by atoms with Crippen molar-refractivity contribution in [1.29, 1.82) is 0 Å². The highest BCUT2D eigenvalue weighted by Gasteiger charge is 2.05. The van der Waals surface area contributed by atoms with Crippen LogP contribution >= 0.6 is 11.6 Å². The first kappa shape index (κ1) is 15.0. The fourth-order valence-electron chi connectivity index (χ4n) is 1.76. The van der Waals surface area contributed by atoms with Crippen molar-refractivity contribution in [2.45, 2.75) is 51.9 Å². The summed E-state index contributed by atoms with van der Waals surface area (Å²) in [5, 5.41) is 3.12. The third kappa shape index (κ3) is 6.01. The maximum Gasteiger partial charge on any atom is 0.224 e. The first-order valence-electron chi connectivity index (χ1n) is 6.64. The fourth-order valence-corrected chi connectivity index (χ4v) is 1.92. The van der Waals surface area contributed by atoms with Gasteiger partial charge in [0.25, 0.3) is 0 Å². The molecule has 0 saturated carbocycles. The predicted octanol–water partition coefficient (Wildman–Crippen LogP) is 4.42. The zero-order chi connectivity index (χ0) is 13.2. The molecule has 1 amide bonds. The van der Waals surface area contributed by atoms with Crippen LogP contribution in [0.4, 0.5) is 5.69 Å². The number of hydrogen-bond acceptors (Lipinski definition) is 2. The Morgan fingerprint density at radius 2 is 2.00 bits per heavy atom. The smallest absolute Gasteiger partial charge is 0.224 e. The van der Waals surface area contributed by atoms with Gasteiger partial charge in [0.1, 0.15) is 0 Å². The molecule has 0 fully saturated rings. The van der Waals surface area contributed by atoms with Crippen molar-refractivity contribution in [3.63, 3.8) is 0 Å². The summed E-state index contributed by atoms with van der Waals surface area (Å²) in [7, 11) is 0. The lowest BCUT2D eigenvalue weighted by Crippen LogP contribution is -2.11. The molecule has 18 heavy (non-hydrogen) atoms. The first-order chi connectivity index (χ1) is 8.74. The number of hydrogen-bond donors (Lipinski definition) is 1. The second-order valence-corrected chi connectivity index (χ2v) is 4.77. The van der Waals surface area contributed by atoms with Gasteiger partial charge in [-0.25, -0.2) is 4.98 Å². The SMILES string of the molecule is CCCCCCCCC(=O)Nc1cccnc1Cl. The van der Waals surface area contributed by atoms with Crippen LogP contribution in [0.5, 0.6) is 0 Å². The maximum absolute atomic E-state index is 11.7. The van der Waals surface area contributed by atoms with Gasteiger partial charge in [0.05, 0.1) is 5.69 Å². The van der Waals surface area contributed by atoms with E-state index in [1.165, 1.54) is 25.7 Å². The van der Waals surface area contributed by atoms with Gasteiger partial charge in [0.15, 0.2) is 5.15 Å². The van der Waals surface area contributed by atoms with Gasteiger partial charge in [0, 0.05) is 12.6 Å². The molecule has 1 heterocycles. The largest absolute Gasteiger partial charge is 0.323 e. The molecule has 0 aliphatic rings. The maximum atomic E-state index is 11.7. The van der Waals surface area contributed by atoms with Crippen molar-refractivity contribution in [3.8, 4) is 0 Å². The number of aromatic nitrogens is 1. The van der Waals surface area contributed by atoms with E-state index < -0.39 is 0 Å². The quantitative estimate of drug-likeness (QED) is 0.560. The minimum Gasteiger partial charge on any atom is -0.323 e. The van der Waals surface area contributed by atoms with Crippen LogP contribution in [0.1, 0.15) is 51.9 Å². The molecule has 0 radical (unpaired) electrons. The molecule has 0 spiro atoms. The Morgan fingerprint density at radius 1 is 1.28 bits per heavy atom. The van der Waals surface area contributed by atoms with E-state index in [1.54, 1.807) is 18.3 Å². The van der Waals surface area contributed by atoms with Gasteiger partial charge < -0.3 is 5.32 Å². The Balaban J connectivity index is 2.16. The number of unbranched alkanes of at least 4 members (excludes halogenated alkanes) is 5. The van der Waals surface area contributed by atoms with E-state index in [0.717, 1.165) is 12.8 Å². The highest BCUT2D eigenvalue weighted by Crippen LogP contribution is 2.18. The molecule has 0 bridgehead atoms. The van der Waals surface area contributed by atoms with Gasteiger partial charge >= 0.3 is 0 Å². The molecule has 0 unspecified atom stereocenters. The van der Waals surface area contributed by atoms with Crippen molar-refractivity contribution in [1.82, 2.24) is 4.98 Å². The summed E-state index contributed by atoms with van der Waals surface area (Å²) in [5.41, 5.74) is 0.593. The van der Waals surface area contributed by atoms with Crippen LogP contribution in [0.3, 0.4) is 0 Å². The molecular weight excluding hydrogens is 248 g/mol. The van der Waals surface area contributed by atoms with Gasteiger partial charge in [-0.1, -0.05) is 50.6 Å². The highest BCUT2D eigenvalue weighted by molar-refractivity contribution is 6.32. The van der Waals surface area contributed by atoms with Gasteiger partial charge in [0.2, 0.25) is 5.91 Å². The summed E-state index contributed by atoms with van der Waals surface area (Å²) < 4.78 is 0. The minimum atomic E-state index is 0.0143. The lowest BCUT2D eigenvalue weighted by atomic mass is 10.1. The topological polar surface area (TPSA) is 42.0 Å². The Bertz CT molecular complexity index is 369. The normalized spacial score (nSPS) is 10.3. The Labute approximate surface area is 114 Å². The Kier molecular flexibility index (Phi) is 7.42. The molecule has 0 aliphatic carbocycles. The van der Waals surface area contributed by atoms with E-state index in [9.17, 15) is 4.79 Å². The fraction of sp³-hybridized carbons (Fsp3) is 0.571. The summed E-state index contributed by atoms with van der Waals surface area (Å²) in [6.07, 6.45) is 9.24. The monoisotopic (exact) mass is 268 g/mol. The average Bonchev–Trinajstić information content (AvgIpc) is 2.36. The zero-order valence-corrected chi connectivity index (χ0v) is 11.7. The van der Waals surface area contributed by atoms with Crippen LogP contribution in [0, 0.1) is 0 Å². The third-order valence-corrected chi connectivity index (χ3v) is 3.09. The van der Waals surface area contributed by atoms with Crippen molar-refractivity contribution < 1.29 is 4.79 Å². The number of carbonyl (C=O) groups excluding carboxylic acids is 1. The van der Waals surface area contributed by atoms with Crippen molar-refractivity contribution in [3.05, 3.63) is 23.5 Å². The minimum absolute atomic E-state index is 0.0143. The molecule has 1 aromatic heterocycles. The van der Waals surface area contributed by atoms with Gasteiger partial charge in [-0.3, -0.25) is 4.79 Å². The Morgan fingerprint density at radius 3 is 2.72 bits per heavy atom. The molecule has 3 nitrogen and oxygen atoms in total. The van der Waals surface area contributed by atoms with Crippen LogP contribution < -0.4 is 5.32 Å². The van der Waals surface area contributed by atoms with E-state index in [0.29, 0.717) is 17.3 Å². The second-order valence-electron chi connectivity index (χ2n) is 4.41. The number of halogens is 1. The molecular formula is C14H21ClN2O. The third-order valence-electron chi connectivity index (χ3n) is 2.79. The van der Waals surface area contributed by atoms with Gasteiger partial charge in [-0.15, -0.1) is 0 Å². The van der Waals surface area contributed by atoms with E-state index in [1.807, 2.05) is 0 Å². The molecule has 1 N–H and O–H groups in total. The number of nitrogens with zero attached hydrogens (tertiary/aromatic N) is 1. The molecule has 0 aliphatic heterocycles. The van der Waals surface area contributed by atoms with Crippen molar-refractivity contribution >= 4 is 23.2 Å². The van der Waals surface area contributed by atoms with E-state index >= 15 is 0 Å². The number of pyridine rings is 1. The van der Waals surface area contributed by atoms with E-state index in [4.69, 9.17) is 11.6 Å². The van der Waals surface area contributed by atoms with Crippen molar-refractivity contribution in [2.75, 3.05) is 5.32 Å². The van der Waals surface area contributed by atoms with Gasteiger partial charge in [-0.05, 0) is 18.6 Å². The lowest BCUT2D eigenvalue weighted by Gasteiger charge is -2.06. The van der Waals surface area contributed by atoms with Crippen LogP contribution in [-0.4, -0.2) is 10.9 Å². The van der Waals surface area contributed by atoms with Crippen molar-refractivity contribution in [2.24, 2.45) is 0 Å². The first-order valence-corrected chi connectivity index (χ1v) is 7.02. The van der Waals surface area contributed by atoms with E-state index in [-0.39, 0.29) is 5.91 Å². The summed E-state index contributed by atoms with van der Waals surface area (Å²) in [6.45, 7) is 2.20. The number of nitrogens with one attached hydrogen (secondary N) is 1. The molecule has 0 atom stereocenters. The second kappa shape index (κ2) is 8.92. The number of amides is 1. The summed E-state index contributed by atoms with van der Waals surface area (Å²) in [4.78, 5) is 15.6. The lowest BCUT2D eigenvalue weighted by molar-refractivity contribution is -0.116. The van der Waals surface area contributed by atoms with Crippen LogP contribution in [0.25, 0.3) is 0 Å². The van der Waals surface area contributed by atoms with Crippen LogP contribution in [-0.2, 0) is 4.79 Å². The highest BCUT2D eigenvalue weighted by atomic mass is 35.5. The molecule has 0 saturated heterocycles. The standard InChI is InChI=1S/C14H21ClN2O/c1-2-3-4-5-6-7-10-13(18)17-12-9-8-11-16-14(12)15/h8-9,11H,2-7,10H2,1H3,(H,17,18). The molecule has 100 valence electrons. The molecule has 4 heteroatoms. The van der Waals surface area contributed by atoms with Gasteiger partial charge in [-0.2, -0.15) is 0 Å². The predicted molar refractivity (Wildman–Crippen MR) is 75.9 cm³/mol. The zero-order valence-electron chi connectivity index (χ0n) is 10.9. The molecule has 0 aromatic carbocycles. The number of rotatable bonds is 8. The Hall–Kier alpha value is -1.09. The number of anilines is 1. The summed E-state index contributed by atoms with van der Waals surface area (Å²) in [5.74, 6) is 0.0143.